The van der Waals surface area contributed by atoms with E-state index in [1.807, 2.05) is 37.3 Å². The molecule has 1 aromatic heterocycles. The van der Waals surface area contributed by atoms with Crippen LogP contribution in [-0.2, 0) is 16.4 Å². The number of hydrogen-bond acceptors (Lipinski definition) is 5. The van der Waals surface area contributed by atoms with Crippen molar-refractivity contribution in [2.45, 2.75) is 37.5 Å². The van der Waals surface area contributed by atoms with Crippen LogP contribution in [0.15, 0.2) is 35.5 Å². The molecular weight excluding hydrogens is 288 g/mol. The second kappa shape index (κ2) is 6.36. The third-order valence-corrected chi connectivity index (χ3v) is 4.16. The van der Waals surface area contributed by atoms with E-state index in [1.54, 1.807) is 4.57 Å². The number of nitrogens with zero attached hydrogens (tertiary/aromatic N) is 3. The van der Waals surface area contributed by atoms with Crippen molar-refractivity contribution < 1.29 is 8.42 Å². The van der Waals surface area contributed by atoms with Gasteiger partial charge in [-0.15, -0.1) is 10.2 Å². The fourth-order valence-electron chi connectivity index (χ4n) is 2.20. The highest BCUT2D eigenvalue weighted by atomic mass is 32.2. The van der Waals surface area contributed by atoms with Crippen LogP contribution in [0.4, 0.5) is 0 Å². The van der Waals surface area contributed by atoms with E-state index in [4.69, 9.17) is 5.73 Å². The molecule has 0 aliphatic carbocycles. The van der Waals surface area contributed by atoms with Crippen molar-refractivity contribution in [2.24, 2.45) is 5.73 Å². The Bertz CT molecular complexity index is 695. The lowest BCUT2D eigenvalue weighted by molar-refractivity contribution is 0.539. The highest BCUT2D eigenvalue weighted by Gasteiger charge is 2.23. The molecule has 0 spiro atoms. The molecule has 0 aliphatic rings. The van der Waals surface area contributed by atoms with E-state index in [0.29, 0.717) is 12.4 Å². The predicted octanol–water partition coefficient (Wildman–Crippen LogP) is 1.53. The monoisotopic (exact) mass is 308 g/mol. The summed E-state index contributed by atoms with van der Waals surface area (Å²) in [6.45, 7) is 2.41. The van der Waals surface area contributed by atoms with Gasteiger partial charge in [-0.1, -0.05) is 43.7 Å². The van der Waals surface area contributed by atoms with Crippen molar-refractivity contribution in [1.29, 1.82) is 0 Å². The van der Waals surface area contributed by atoms with Gasteiger partial charge in [-0.3, -0.25) is 4.57 Å². The van der Waals surface area contributed by atoms with Gasteiger partial charge >= 0.3 is 0 Å². The maximum atomic E-state index is 11.9. The van der Waals surface area contributed by atoms with E-state index in [0.717, 1.165) is 24.7 Å². The van der Waals surface area contributed by atoms with Crippen LogP contribution in [-0.4, -0.2) is 29.4 Å². The van der Waals surface area contributed by atoms with E-state index in [9.17, 15) is 8.42 Å². The van der Waals surface area contributed by atoms with E-state index < -0.39 is 9.84 Å². The lowest BCUT2D eigenvalue weighted by Gasteiger charge is -2.14. The van der Waals surface area contributed by atoms with Crippen LogP contribution < -0.4 is 5.73 Å². The number of hydrogen-bond donors (Lipinski definition) is 1. The van der Waals surface area contributed by atoms with Crippen molar-refractivity contribution in [3.63, 3.8) is 0 Å². The first kappa shape index (κ1) is 15.7. The SMILES string of the molecule is CCCC(N)c1nnc(S(C)(=O)=O)n1Cc1ccccc1. The van der Waals surface area contributed by atoms with E-state index >= 15 is 0 Å². The van der Waals surface area contributed by atoms with Crippen LogP contribution in [0.2, 0.25) is 0 Å². The summed E-state index contributed by atoms with van der Waals surface area (Å²) < 4.78 is 25.3. The van der Waals surface area contributed by atoms with Crippen LogP contribution in [0.3, 0.4) is 0 Å². The molecule has 114 valence electrons. The van der Waals surface area contributed by atoms with Crippen molar-refractivity contribution in [2.75, 3.05) is 6.26 Å². The zero-order chi connectivity index (χ0) is 15.5. The standard InChI is InChI=1S/C14H20N4O2S/c1-3-7-12(15)13-16-17-14(21(2,19)20)18(13)10-11-8-5-4-6-9-11/h4-6,8-9,12H,3,7,10,15H2,1-2H3. The fourth-order valence-corrected chi connectivity index (χ4v) is 2.95. The van der Waals surface area contributed by atoms with Crippen LogP contribution in [0.25, 0.3) is 0 Å². The summed E-state index contributed by atoms with van der Waals surface area (Å²) in [7, 11) is -3.45. The summed E-state index contributed by atoms with van der Waals surface area (Å²) in [5.74, 6) is 0.515. The Morgan fingerprint density at radius 3 is 2.48 bits per heavy atom. The topological polar surface area (TPSA) is 90.9 Å². The van der Waals surface area contributed by atoms with Crippen LogP contribution in [0.5, 0.6) is 0 Å². The molecule has 2 rings (SSSR count). The Morgan fingerprint density at radius 2 is 1.90 bits per heavy atom. The maximum Gasteiger partial charge on any atom is 0.249 e. The minimum atomic E-state index is -3.45. The van der Waals surface area contributed by atoms with Crippen LogP contribution >= 0.6 is 0 Å². The molecule has 0 saturated heterocycles. The predicted molar refractivity (Wildman–Crippen MR) is 80.5 cm³/mol. The summed E-state index contributed by atoms with van der Waals surface area (Å²) in [5.41, 5.74) is 7.08. The van der Waals surface area contributed by atoms with E-state index in [1.165, 1.54) is 0 Å². The normalized spacial score (nSPS) is 13.3. The van der Waals surface area contributed by atoms with Crippen molar-refractivity contribution in [3.05, 3.63) is 41.7 Å². The molecule has 6 nitrogen and oxygen atoms in total. The zero-order valence-electron chi connectivity index (χ0n) is 12.2. The van der Waals surface area contributed by atoms with Crippen molar-refractivity contribution >= 4 is 9.84 Å². The highest BCUT2D eigenvalue weighted by molar-refractivity contribution is 7.90. The highest BCUT2D eigenvalue weighted by Crippen LogP contribution is 2.19. The third-order valence-electron chi connectivity index (χ3n) is 3.19. The Kier molecular flexibility index (Phi) is 4.74. The van der Waals surface area contributed by atoms with Gasteiger partial charge in [0.25, 0.3) is 0 Å². The Hall–Kier alpha value is -1.73. The molecule has 1 atom stereocenters. The van der Waals surface area contributed by atoms with Gasteiger partial charge in [0.2, 0.25) is 15.0 Å². The average Bonchev–Trinajstić information content (AvgIpc) is 2.84. The number of aromatic nitrogens is 3. The molecule has 7 heteroatoms. The van der Waals surface area contributed by atoms with Gasteiger partial charge in [0.15, 0.2) is 5.82 Å². The molecule has 21 heavy (non-hydrogen) atoms. The summed E-state index contributed by atoms with van der Waals surface area (Å²) in [4.78, 5) is 0. The minimum Gasteiger partial charge on any atom is -0.321 e. The molecule has 0 fully saturated rings. The average molecular weight is 308 g/mol. The second-order valence-corrected chi connectivity index (χ2v) is 6.99. The largest absolute Gasteiger partial charge is 0.321 e. The fraction of sp³-hybridized carbons (Fsp3) is 0.429. The zero-order valence-corrected chi connectivity index (χ0v) is 13.0. The number of sulfone groups is 1. The van der Waals surface area contributed by atoms with Gasteiger partial charge in [-0.05, 0) is 12.0 Å². The molecule has 1 aromatic carbocycles. The number of rotatable bonds is 6. The van der Waals surface area contributed by atoms with Gasteiger partial charge in [-0.25, -0.2) is 8.42 Å². The molecule has 2 N–H and O–H groups in total. The van der Waals surface area contributed by atoms with E-state index in [-0.39, 0.29) is 11.2 Å². The number of nitrogens with two attached hydrogens (primary N) is 1. The van der Waals surface area contributed by atoms with Gasteiger partial charge in [-0.2, -0.15) is 0 Å². The van der Waals surface area contributed by atoms with Gasteiger partial charge in [0.05, 0.1) is 12.6 Å². The second-order valence-electron chi connectivity index (χ2n) is 5.08. The van der Waals surface area contributed by atoms with Gasteiger partial charge in [0.1, 0.15) is 0 Å². The van der Waals surface area contributed by atoms with Gasteiger partial charge < -0.3 is 5.73 Å². The summed E-state index contributed by atoms with van der Waals surface area (Å²) >= 11 is 0. The van der Waals surface area contributed by atoms with Crippen LogP contribution in [0.1, 0.15) is 37.2 Å². The molecular formula is C14H20N4O2S. The summed E-state index contributed by atoms with van der Waals surface area (Å²) in [6, 6.07) is 9.28. The minimum absolute atomic E-state index is 0.0343. The molecule has 1 unspecified atom stereocenters. The third kappa shape index (κ3) is 3.68. The lowest BCUT2D eigenvalue weighted by Crippen LogP contribution is -2.19. The smallest absolute Gasteiger partial charge is 0.249 e. The number of benzene rings is 1. The van der Waals surface area contributed by atoms with Crippen molar-refractivity contribution in [1.82, 2.24) is 14.8 Å². The Morgan fingerprint density at radius 1 is 1.24 bits per heavy atom. The quantitative estimate of drug-likeness (QED) is 0.874. The Labute approximate surface area is 124 Å². The first-order valence-electron chi connectivity index (χ1n) is 6.86. The molecule has 1 heterocycles. The van der Waals surface area contributed by atoms with Gasteiger partial charge in [0, 0.05) is 6.26 Å². The first-order valence-corrected chi connectivity index (χ1v) is 8.75. The summed E-state index contributed by atoms with van der Waals surface area (Å²) in [6.07, 6.45) is 2.76. The molecule has 0 amide bonds. The van der Waals surface area contributed by atoms with E-state index in [2.05, 4.69) is 10.2 Å². The maximum absolute atomic E-state index is 11.9. The molecule has 0 aliphatic heterocycles. The summed E-state index contributed by atoms with van der Waals surface area (Å²) in [5, 5.41) is 7.80. The molecule has 0 saturated carbocycles. The van der Waals surface area contributed by atoms with Crippen molar-refractivity contribution in [3.8, 4) is 0 Å². The molecule has 0 radical (unpaired) electrons. The van der Waals surface area contributed by atoms with Crippen LogP contribution in [0, 0.1) is 0 Å². The Balaban J connectivity index is 2.46. The molecule has 2 aromatic rings. The first-order chi connectivity index (χ1) is 9.93. The lowest BCUT2D eigenvalue weighted by atomic mass is 10.1. The molecule has 0 bridgehead atoms.